The Morgan fingerprint density at radius 1 is 1.33 bits per heavy atom. The Hall–Kier alpha value is -1.88. The molecule has 0 aliphatic rings. The van der Waals surface area contributed by atoms with Gasteiger partial charge in [0.15, 0.2) is 0 Å². The third kappa shape index (κ3) is 5.55. The van der Waals surface area contributed by atoms with Crippen LogP contribution in [0.25, 0.3) is 0 Å². The summed E-state index contributed by atoms with van der Waals surface area (Å²) in [7, 11) is -3.62. The van der Waals surface area contributed by atoms with Crippen LogP contribution in [0.15, 0.2) is 23.1 Å². The van der Waals surface area contributed by atoms with E-state index in [9.17, 15) is 13.2 Å². The number of sulfonamides is 1. The molecule has 0 saturated heterocycles. The molecular formula is C14H18N2O4S. The summed E-state index contributed by atoms with van der Waals surface area (Å²) in [5.41, 5.74) is 1.38. The van der Waals surface area contributed by atoms with E-state index in [-0.39, 0.29) is 30.5 Å². The molecule has 0 saturated carbocycles. The third-order valence-electron chi connectivity index (χ3n) is 2.60. The van der Waals surface area contributed by atoms with Crippen LogP contribution in [0.2, 0.25) is 0 Å². The summed E-state index contributed by atoms with van der Waals surface area (Å²) in [4.78, 5) is 10.8. The molecule has 3 N–H and O–H groups in total. The van der Waals surface area contributed by atoms with Gasteiger partial charge in [-0.3, -0.25) is 4.79 Å². The lowest BCUT2D eigenvalue weighted by molar-refractivity contribution is -0.118. The molecule has 0 aliphatic carbocycles. The Bertz CT molecular complexity index is 672. The summed E-state index contributed by atoms with van der Waals surface area (Å²) in [5, 5.41) is 11.2. The summed E-state index contributed by atoms with van der Waals surface area (Å²) < 4.78 is 26.5. The summed E-state index contributed by atoms with van der Waals surface area (Å²) in [6.45, 7) is 3.21. The molecule has 0 radical (unpaired) electrons. The molecule has 1 aromatic carbocycles. The molecule has 0 fully saturated rings. The van der Waals surface area contributed by atoms with Gasteiger partial charge in [-0.2, -0.15) is 0 Å². The van der Waals surface area contributed by atoms with Gasteiger partial charge in [-0.15, -0.1) is 0 Å². The number of nitrogens with one attached hydrogen (secondary N) is 2. The Balaban J connectivity index is 2.79. The number of amides is 1. The lowest BCUT2D eigenvalue weighted by Crippen LogP contribution is -2.33. The first-order valence-corrected chi connectivity index (χ1v) is 7.79. The van der Waals surface area contributed by atoms with Crippen molar-refractivity contribution in [3.05, 3.63) is 29.3 Å². The second kappa shape index (κ2) is 7.78. The standard InChI is InChI=1S/C14H18N2O4S/c1-11-10-14(6-5-13(11)4-3-9-17)21(19,20)16-8-7-15-12(2)18/h5-6,10,16-17H,7-9H2,1-2H3,(H,15,18). The van der Waals surface area contributed by atoms with E-state index in [1.54, 1.807) is 13.0 Å². The first kappa shape index (κ1) is 17.2. The molecule has 7 heteroatoms. The van der Waals surface area contributed by atoms with Gasteiger partial charge in [-0.1, -0.05) is 11.8 Å². The fraction of sp³-hybridized carbons (Fsp3) is 0.357. The smallest absolute Gasteiger partial charge is 0.240 e. The minimum atomic E-state index is -3.62. The van der Waals surface area contributed by atoms with Crippen LogP contribution in [0, 0.1) is 18.8 Å². The zero-order valence-corrected chi connectivity index (χ0v) is 12.8. The zero-order chi connectivity index (χ0) is 15.9. The quantitative estimate of drug-likeness (QED) is 0.516. The van der Waals surface area contributed by atoms with Gasteiger partial charge in [0.2, 0.25) is 15.9 Å². The SMILES string of the molecule is CC(=O)NCCNS(=O)(=O)c1ccc(C#CCO)c(C)c1. The number of rotatable bonds is 5. The second-order valence-corrected chi connectivity index (χ2v) is 6.08. The molecule has 21 heavy (non-hydrogen) atoms. The molecule has 1 amide bonds. The number of carbonyl (C=O) groups is 1. The number of aliphatic hydroxyl groups is 1. The highest BCUT2D eigenvalue weighted by Crippen LogP contribution is 2.14. The predicted molar refractivity (Wildman–Crippen MR) is 79.0 cm³/mol. The van der Waals surface area contributed by atoms with Crippen LogP contribution < -0.4 is 10.0 Å². The van der Waals surface area contributed by atoms with Crippen molar-refractivity contribution in [2.24, 2.45) is 0 Å². The van der Waals surface area contributed by atoms with Gasteiger partial charge < -0.3 is 10.4 Å². The van der Waals surface area contributed by atoms with Crippen LogP contribution >= 0.6 is 0 Å². The van der Waals surface area contributed by atoms with E-state index >= 15 is 0 Å². The molecule has 0 aromatic heterocycles. The molecule has 0 unspecified atom stereocenters. The van der Waals surface area contributed by atoms with Crippen molar-refractivity contribution < 1.29 is 18.3 Å². The first-order valence-electron chi connectivity index (χ1n) is 6.31. The van der Waals surface area contributed by atoms with Crippen molar-refractivity contribution in [3.63, 3.8) is 0 Å². The lowest BCUT2D eigenvalue weighted by atomic mass is 10.1. The highest BCUT2D eigenvalue weighted by Gasteiger charge is 2.14. The average Bonchev–Trinajstić information content (AvgIpc) is 2.42. The number of aliphatic hydroxyl groups excluding tert-OH is 1. The van der Waals surface area contributed by atoms with Crippen LogP contribution in [0.3, 0.4) is 0 Å². The topological polar surface area (TPSA) is 95.5 Å². The predicted octanol–water partition coefficient (Wildman–Crippen LogP) is -0.247. The van der Waals surface area contributed by atoms with Crippen LogP contribution in [0.5, 0.6) is 0 Å². The Labute approximate surface area is 124 Å². The van der Waals surface area contributed by atoms with Gasteiger partial charge in [-0.25, -0.2) is 13.1 Å². The summed E-state index contributed by atoms with van der Waals surface area (Å²) in [5.74, 6) is 5.05. The van der Waals surface area contributed by atoms with Crippen molar-refractivity contribution in [3.8, 4) is 11.8 Å². The molecule has 1 aromatic rings. The monoisotopic (exact) mass is 310 g/mol. The van der Waals surface area contributed by atoms with E-state index in [1.165, 1.54) is 19.1 Å². The molecule has 0 bridgehead atoms. The number of hydrogen-bond donors (Lipinski definition) is 3. The van der Waals surface area contributed by atoms with Crippen molar-refractivity contribution in [1.82, 2.24) is 10.0 Å². The van der Waals surface area contributed by atoms with Crippen LogP contribution in [0.1, 0.15) is 18.1 Å². The van der Waals surface area contributed by atoms with Crippen molar-refractivity contribution >= 4 is 15.9 Å². The number of benzene rings is 1. The maximum absolute atomic E-state index is 12.1. The summed E-state index contributed by atoms with van der Waals surface area (Å²) in [6.07, 6.45) is 0. The Kier molecular flexibility index (Phi) is 6.37. The number of hydrogen-bond acceptors (Lipinski definition) is 4. The van der Waals surface area contributed by atoms with Crippen LogP contribution in [0.4, 0.5) is 0 Å². The molecule has 0 atom stereocenters. The number of aryl methyl sites for hydroxylation is 1. The summed E-state index contributed by atoms with van der Waals surface area (Å²) in [6, 6.07) is 4.57. The van der Waals surface area contributed by atoms with Gasteiger partial charge in [0.25, 0.3) is 0 Å². The highest BCUT2D eigenvalue weighted by molar-refractivity contribution is 7.89. The molecule has 0 aliphatic heterocycles. The largest absolute Gasteiger partial charge is 0.384 e. The minimum Gasteiger partial charge on any atom is -0.384 e. The number of carbonyl (C=O) groups excluding carboxylic acids is 1. The highest BCUT2D eigenvalue weighted by atomic mass is 32.2. The van der Waals surface area contributed by atoms with Gasteiger partial charge in [-0.05, 0) is 30.7 Å². The Morgan fingerprint density at radius 2 is 2.05 bits per heavy atom. The van der Waals surface area contributed by atoms with Gasteiger partial charge >= 0.3 is 0 Å². The Morgan fingerprint density at radius 3 is 2.62 bits per heavy atom. The zero-order valence-electron chi connectivity index (χ0n) is 11.9. The van der Waals surface area contributed by atoms with E-state index in [2.05, 4.69) is 21.9 Å². The molecule has 6 nitrogen and oxygen atoms in total. The van der Waals surface area contributed by atoms with E-state index in [0.717, 1.165) is 0 Å². The van der Waals surface area contributed by atoms with Crippen LogP contribution in [-0.2, 0) is 14.8 Å². The fourth-order valence-electron chi connectivity index (χ4n) is 1.59. The van der Waals surface area contributed by atoms with Gasteiger partial charge in [0.1, 0.15) is 6.61 Å². The summed E-state index contributed by atoms with van der Waals surface area (Å²) >= 11 is 0. The average molecular weight is 310 g/mol. The van der Waals surface area contributed by atoms with E-state index in [1.807, 2.05) is 0 Å². The van der Waals surface area contributed by atoms with Crippen molar-refractivity contribution in [1.29, 1.82) is 0 Å². The maximum atomic E-state index is 12.1. The first-order chi connectivity index (χ1) is 9.86. The second-order valence-electron chi connectivity index (χ2n) is 4.32. The van der Waals surface area contributed by atoms with Crippen LogP contribution in [-0.4, -0.2) is 39.1 Å². The molecule has 114 valence electrons. The molecule has 1 rings (SSSR count). The molecule has 0 heterocycles. The van der Waals surface area contributed by atoms with Gasteiger partial charge in [0.05, 0.1) is 4.90 Å². The molecular weight excluding hydrogens is 292 g/mol. The van der Waals surface area contributed by atoms with E-state index < -0.39 is 10.0 Å². The maximum Gasteiger partial charge on any atom is 0.240 e. The minimum absolute atomic E-state index is 0.118. The normalized spacial score (nSPS) is 10.6. The fourth-order valence-corrected chi connectivity index (χ4v) is 2.70. The van der Waals surface area contributed by atoms with Gasteiger partial charge in [0, 0.05) is 25.6 Å². The van der Waals surface area contributed by atoms with E-state index in [0.29, 0.717) is 11.1 Å². The molecule has 0 spiro atoms. The van der Waals surface area contributed by atoms with Crippen molar-refractivity contribution in [2.75, 3.05) is 19.7 Å². The van der Waals surface area contributed by atoms with Crippen molar-refractivity contribution in [2.45, 2.75) is 18.7 Å². The third-order valence-corrected chi connectivity index (χ3v) is 4.06. The lowest BCUT2D eigenvalue weighted by Gasteiger charge is -2.08. The van der Waals surface area contributed by atoms with E-state index in [4.69, 9.17) is 5.11 Å².